The molecule has 0 spiro atoms. The Hall–Kier alpha value is -1.80. The van der Waals surface area contributed by atoms with Crippen molar-refractivity contribution in [1.82, 2.24) is 9.21 Å². The third kappa shape index (κ3) is 7.10. The minimum atomic E-state index is -4.01. The first-order valence-corrected chi connectivity index (χ1v) is 13.3. The maximum Gasteiger partial charge on any atom is 0.270 e. The van der Waals surface area contributed by atoms with Crippen molar-refractivity contribution in [1.29, 1.82) is 0 Å². The van der Waals surface area contributed by atoms with Gasteiger partial charge in [-0.15, -0.1) is 0 Å². The van der Waals surface area contributed by atoms with Gasteiger partial charge in [0, 0.05) is 44.9 Å². The van der Waals surface area contributed by atoms with E-state index in [4.69, 9.17) is 4.18 Å². The zero-order chi connectivity index (χ0) is 23.2. The van der Waals surface area contributed by atoms with E-state index in [0.29, 0.717) is 38.2 Å². The van der Waals surface area contributed by atoms with Gasteiger partial charge in [0.1, 0.15) is 4.90 Å². The lowest BCUT2D eigenvalue weighted by Gasteiger charge is -2.28. The fraction of sp³-hybridized carbons (Fsp3) is 0.667. The zero-order valence-electron chi connectivity index (χ0n) is 18.1. The molecule has 0 amide bonds. The maximum atomic E-state index is 13.5. The van der Waals surface area contributed by atoms with Gasteiger partial charge in [0.15, 0.2) is 0 Å². The number of likely N-dealkylation sites (N-methyl/N-ethyl adjacent to an activating group) is 1. The van der Waals surface area contributed by atoms with Crippen LogP contribution in [0.15, 0.2) is 23.1 Å². The number of anilines is 1. The molecular formula is C18H30N4O7S2. The SMILES string of the molecule is CCCN(CCOS(C)(=O)=O)c1ccc([N+](=O)[O-])cc1S(=O)(=O)N1CCCN(C)CC1. The number of nitrogens with zero attached hydrogens (tertiary/aromatic N) is 4. The van der Waals surface area contributed by atoms with E-state index in [1.54, 1.807) is 4.90 Å². The highest BCUT2D eigenvalue weighted by Crippen LogP contribution is 2.32. The van der Waals surface area contributed by atoms with E-state index in [1.165, 1.54) is 16.4 Å². The van der Waals surface area contributed by atoms with E-state index >= 15 is 0 Å². The van der Waals surface area contributed by atoms with Crippen LogP contribution in [0.1, 0.15) is 19.8 Å². The first-order valence-electron chi connectivity index (χ1n) is 10.0. The summed E-state index contributed by atoms with van der Waals surface area (Å²) in [4.78, 5) is 14.3. The highest BCUT2D eigenvalue weighted by Gasteiger charge is 2.31. The summed E-state index contributed by atoms with van der Waals surface area (Å²) in [5.74, 6) is 0. The normalized spacial score (nSPS) is 16.7. The predicted molar refractivity (Wildman–Crippen MR) is 117 cm³/mol. The molecule has 1 saturated heterocycles. The second kappa shape index (κ2) is 10.7. The number of benzene rings is 1. The smallest absolute Gasteiger partial charge is 0.270 e. The molecule has 1 aliphatic heterocycles. The highest BCUT2D eigenvalue weighted by molar-refractivity contribution is 7.89. The molecule has 1 aromatic carbocycles. The summed E-state index contributed by atoms with van der Waals surface area (Å²) < 4.78 is 55.8. The molecule has 0 aliphatic carbocycles. The summed E-state index contributed by atoms with van der Waals surface area (Å²) >= 11 is 0. The average molecular weight is 479 g/mol. The second-order valence-corrected chi connectivity index (χ2v) is 11.0. The third-order valence-corrected chi connectivity index (χ3v) is 7.47. The van der Waals surface area contributed by atoms with Crippen LogP contribution in [0.3, 0.4) is 0 Å². The van der Waals surface area contributed by atoms with Crippen molar-refractivity contribution in [3.8, 4) is 0 Å². The van der Waals surface area contributed by atoms with Crippen molar-refractivity contribution < 1.29 is 25.9 Å². The molecular weight excluding hydrogens is 448 g/mol. The van der Waals surface area contributed by atoms with Gasteiger partial charge in [-0.2, -0.15) is 12.7 Å². The van der Waals surface area contributed by atoms with Gasteiger partial charge in [-0.3, -0.25) is 14.3 Å². The second-order valence-electron chi connectivity index (χ2n) is 7.48. The van der Waals surface area contributed by atoms with E-state index in [2.05, 4.69) is 0 Å². The molecule has 2 rings (SSSR count). The van der Waals surface area contributed by atoms with Crippen LogP contribution in [0, 0.1) is 10.1 Å². The van der Waals surface area contributed by atoms with Gasteiger partial charge in [0.25, 0.3) is 15.8 Å². The van der Waals surface area contributed by atoms with E-state index < -0.39 is 25.1 Å². The third-order valence-electron chi connectivity index (χ3n) is 4.94. The average Bonchev–Trinajstić information content (AvgIpc) is 2.91. The van der Waals surface area contributed by atoms with Crippen molar-refractivity contribution >= 4 is 31.5 Å². The minimum absolute atomic E-state index is 0.115. The molecule has 1 aliphatic rings. The Morgan fingerprint density at radius 1 is 1.13 bits per heavy atom. The Labute approximate surface area is 183 Å². The number of rotatable bonds is 10. The topological polar surface area (TPSA) is 130 Å². The van der Waals surface area contributed by atoms with Crippen LogP contribution in [0.5, 0.6) is 0 Å². The lowest BCUT2D eigenvalue weighted by molar-refractivity contribution is -0.385. The first-order chi connectivity index (χ1) is 14.5. The molecule has 1 heterocycles. The molecule has 1 aromatic rings. The molecule has 1 fully saturated rings. The molecule has 0 atom stereocenters. The molecule has 0 N–H and O–H groups in total. The van der Waals surface area contributed by atoms with Crippen molar-refractivity contribution in [2.45, 2.75) is 24.7 Å². The van der Waals surface area contributed by atoms with Crippen LogP contribution >= 0.6 is 0 Å². The lowest BCUT2D eigenvalue weighted by atomic mass is 10.2. The predicted octanol–water partition coefficient (Wildman–Crippen LogP) is 1.11. The number of hydrogen-bond donors (Lipinski definition) is 0. The molecule has 0 unspecified atom stereocenters. The molecule has 176 valence electrons. The van der Waals surface area contributed by atoms with Crippen molar-refractivity contribution in [2.75, 3.05) is 64.1 Å². The molecule has 31 heavy (non-hydrogen) atoms. The van der Waals surface area contributed by atoms with Gasteiger partial charge in [0.05, 0.1) is 23.5 Å². The minimum Gasteiger partial charge on any atom is -0.368 e. The van der Waals surface area contributed by atoms with Gasteiger partial charge in [-0.1, -0.05) is 6.92 Å². The largest absolute Gasteiger partial charge is 0.368 e. The van der Waals surface area contributed by atoms with E-state index in [9.17, 15) is 26.9 Å². The number of nitro groups is 1. The molecule has 13 heteroatoms. The Morgan fingerprint density at radius 3 is 2.45 bits per heavy atom. The standard InChI is InChI=1S/C18H30N4O7S2/c1-4-8-20(13-14-29-30(3,25)26)17-7-6-16(22(23)24)15-18(17)31(27,28)21-10-5-9-19(2)11-12-21/h6-7,15H,4-5,8-14H2,1-3H3. The number of non-ortho nitro benzene ring substituents is 1. The summed E-state index contributed by atoms with van der Waals surface area (Å²) in [5, 5.41) is 11.3. The van der Waals surface area contributed by atoms with Gasteiger partial charge < -0.3 is 9.80 Å². The Balaban J connectivity index is 2.47. The van der Waals surface area contributed by atoms with E-state index in [-0.39, 0.29) is 30.3 Å². The number of nitro benzene ring substituents is 1. The highest BCUT2D eigenvalue weighted by atomic mass is 32.2. The Morgan fingerprint density at radius 2 is 1.84 bits per heavy atom. The van der Waals surface area contributed by atoms with Crippen LogP contribution in [0.2, 0.25) is 0 Å². The van der Waals surface area contributed by atoms with Crippen LogP contribution in [-0.4, -0.2) is 90.1 Å². The Bertz CT molecular complexity index is 983. The molecule has 0 aromatic heterocycles. The van der Waals surface area contributed by atoms with Crippen LogP contribution < -0.4 is 4.90 Å². The fourth-order valence-electron chi connectivity index (χ4n) is 3.41. The van der Waals surface area contributed by atoms with Crippen molar-refractivity contribution in [3.05, 3.63) is 28.3 Å². The summed E-state index contributed by atoms with van der Waals surface area (Å²) in [5.41, 5.74) is -0.0275. The molecule has 0 radical (unpaired) electrons. The first kappa shape index (κ1) is 25.5. The van der Waals surface area contributed by atoms with Crippen molar-refractivity contribution in [3.63, 3.8) is 0 Å². The van der Waals surface area contributed by atoms with Crippen LogP contribution in [0.4, 0.5) is 11.4 Å². The lowest BCUT2D eigenvalue weighted by Crippen LogP contribution is -2.36. The fourth-order valence-corrected chi connectivity index (χ4v) is 5.49. The zero-order valence-corrected chi connectivity index (χ0v) is 19.7. The van der Waals surface area contributed by atoms with Crippen LogP contribution in [0.25, 0.3) is 0 Å². The quantitative estimate of drug-likeness (QED) is 0.276. The number of sulfonamides is 1. The molecule has 11 nitrogen and oxygen atoms in total. The van der Waals surface area contributed by atoms with Gasteiger partial charge in [-0.05, 0) is 32.5 Å². The van der Waals surface area contributed by atoms with E-state index in [0.717, 1.165) is 18.9 Å². The van der Waals surface area contributed by atoms with Crippen molar-refractivity contribution in [2.24, 2.45) is 0 Å². The molecule has 0 saturated carbocycles. The van der Waals surface area contributed by atoms with Crippen LogP contribution in [-0.2, 0) is 24.3 Å². The monoisotopic (exact) mass is 478 g/mol. The van der Waals surface area contributed by atoms with E-state index in [1.807, 2.05) is 18.9 Å². The summed E-state index contributed by atoms with van der Waals surface area (Å²) in [6.45, 7) is 4.20. The maximum absolute atomic E-state index is 13.5. The van der Waals surface area contributed by atoms with Gasteiger partial charge in [0.2, 0.25) is 10.0 Å². The number of hydrogen-bond acceptors (Lipinski definition) is 9. The summed E-state index contributed by atoms with van der Waals surface area (Å²) in [6, 6.07) is 3.75. The Kier molecular flexibility index (Phi) is 8.77. The summed E-state index contributed by atoms with van der Waals surface area (Å²) in [7, 11) is -5.74. The van der Waals surface area contributed by atoms with Gasteiger partial charge in [-0.25, -0.2) is 8.42 Å². The summed E-state index contributed by atoms with van der Waals surface area (Å²) in [6.07, 6.45) is 2.25. The molecule has 0 bridgehead atoms. The van der Waals surface area contributed by atoms with Gasteiger partial charge >= 0.3 is 0 Å².